The van der Waals surface area contributed by atoms with E-state index in [-0.39, 0.29) is 11.3 Å². The van der Waals surface area contributed by atoms with Crippen molar-refractivity contribution in [3.63, 3.8) is 0 Å². The van der Waals surface area contributed by atoms with Gasteiger partial charge in [0.25, 0.3) is 0 Å². The maximum absolute atomic E-state index is 12.1. The Morgan fingerprint density at radius 3 is 2.43 bits per heavy atom. The molecular weight excluding hydrogens is 286 g/mol. The Hall–Kier alpha value is -1.22. The van der Waals surface area contributed by atoms with Crippen molar-refractivity contribution in [2.24, 2.45) is 11.3 Å². The van der Waals surface area contributed by atoms with E-state index in [0.717, 1.165) is 24.9 Å². The number of hydrogen-bond donors (Lipinski definition) is 2. The van der Waals surface area contributed by atoms with Crippen LogP contribution in [0.5, 0.6) is 0 Å². The van der Waals surface area contributed by atoms with Crippen LogP contribution >= 0.6 is 11.6 Å². The van der Waals surface area contributed by atoms with Gasteiger partial charge in [0, 0.05) is 10.7 Å². The zero-order valence-corrected chi connectivity index (χ0v) is 13.7. The summed E-state index contributed by atoms with van der Waals surface area (Å²) in [6, 6.07) is 7.27. The van der Waals surface area contributed by atoms with E-state index < -0.39 is 11.5 Å². The predicted molar refractivity (Wildman–Crippen MR) is 86.9 cm³/mol. The summed E-state index contributed by atoms with van der Waals surface area (Å²) >= 11 is 5.91. The molecule has 0 spiro atoms. The number of halogens is 1. The molecule has 1 aromatic carbocycles. The molecule has 4 heteroatoms. The number of rotatable bonds is 3. The van der Waals surface area contributed by atoms with Gasteiger partial charge in [-0.05, 0) is 48.4 Å². The summed E-state index contributed by atoms with van der Waals surface area (Å²) in [7, 11) is 0. The molecule has 0 aliphatic heterocycles. The highest BCUT2D eigenvalue weighted by molar-refractivity contribution is 6.30. The Morgan fingerprint density at radius 1 is 1.29 bits per heavy atom. The van der Waals surface area contributed by atoms with Crippen LogP contribution < -0.4 is 5.32 Å². The van der Waals surface area contributed by atoms with E-state index in [1.807, 2.05) is 12.1 Å². The van der Waals surface area contributed by atoms with Crippen molar-refractivity contribution in [3.8, 4) is 0 Å². The first-order chi connectivity index (χ1) is 9.75. The minimum absolute atomic E-state index is 0.0573. The normalized spacial score (nSPS) is 26.4. The molecule has 2 rings (SSSR count). The van der Waals surface area contributed by atoms with Gasteiger partial charge in [0.1, 0.15) is 5.54 Å². The van der Waals surface area contributed by atoms with Crippen LogP contribution in [0.4, 0.5) is 5.69 Å². The van der Waals surface area contributed by atoms with E-state index in [0.29, 0.717) is 11.4 Å². The molecule has 0 aromatic heterocycles. The predicted octanol–water partition coefficient (Wildman–Crippen LogP) is 4.81. The van der Waals surface area contributed by atoms with Crippen LogP contribution in [0.1, 0.15) is 46.5 Å². The molecule has 1 fully saturated rings. The second kappa shape index (κ2) is 5.88. The zero-order valence-electron chi connectivity index (χ0n) is 12.9. The van der Waals surface area contributed by atoms with Crippen molar-refractivity contribution in [1.29, 1.82) is 0 Å². The van der Waals surface area contributed by atoms with E-state index in [4.69, 9.17) is 11.6 Å². The molecule has 0 amide bonds. The number of carbonyl (C=O) groups is 1. The smallest absolute Gasteiger partial charge is 0.329 e. The highest BCUT2D eigenvalue weighted by Gasteiger charge is 2.51. The molecule has 0 bridgehead atoms. The van der Waals surface area contributed by atoms with Crippen LogP contribution in [0, 0.1) is 11.3 Å². The third kappa shape index (κ3) is 3.34. The van der Waals surface area contributed by atoms with Crippen molar-refractivity contribution < 1.29 is 9.90 Å². The third-order valence-electron chi connectivity index (χ3n) is 4.55. The van der Waals surface area contributed by atoms with Gasteiger partial charge in [0.2, 0.25) is 0 Å². The highest BCUT2D eigenvalue weighted by Crippen LogP contribution is 2.46. The van der Waals surface area contributed by atoms with Gasteiger partial charge < -0.3 is 10.4 Å². The van der Waals surface area contributed by atoms with Crippen LogP contribution in [0.25, 0.3) is 0 Å². The molecule has 3 nitrogen and oxygen atoms in total. The van der Waals surface area contributed by atoms with Gasteiger partial charge in [-0.15, -0.1) is 0 Å². The summed E-state index contributed by atoms with van der Waals surface area (Å²) in [6.45, 7) is 6.39. The fourth-order valence-electron chi connectivity index (χ4n) is 3.59. The summed E-state index contributed by atoms with van der Waals surface area (Å²) in [4.78, 5) is 12.1. The Labute approximate surface area is 131 Å². The van der Waals surface area contributed by atoms with Gasteiger partial charge in [0.05, 0.1) is 0 Å². The molecule has 1 aliphatic carbocycles. The van der Waals surface area contributed by atoms with E-state index in [9.17, 15) is 9.90 Å². The van der Waals surface area contributed by atoms with E-state index in [1.165, 1.54) is 0 Å². The van der Waals surface area contributed by atoms with Gasteiger partial charge in [-0.3, -0.25) is 0 Å². The van der Waals surface area contributed by atoms with Crippen LogP contribution in [0.3, 0.4) is 0 Å². The first-order valence-electron chi connectivity index (χ1n) is 7.53. The molecule has 0 heterocycles. The fraction of sp³-hybridized carbons (Fsp3) is 0.588. The fourth-order valence-corrected chi connectivity index (χ4v) is 3.72. The molecule has 0 radical (unpaired) electrons. The van der Waals surface area contributed by atoms with E-state index in [2.05, 4.69) is 26.1 Å². The molecule has 2 atom stereocenters. The SMILES string of the molecule is CC(C)(C)C1CCCCC1(Nc1ccc(Cl)cc1)C(=O)O. The minimum Gasteiger partial charge on any atom is -0.479 e. The molecule has 0 saturated heterocycles. The number of carboxylic acid groups (broad SMARTS) is 1. The molecular formula is C17H24ClNO2. The van der Waals surface area contributed by atoms with Crippen LogP contribution in [0.15, 0.2) is 24.3 Å². The molecule has 2 N–H and O–H groups in total. The van der Waals surface area contributed by atoms with Crippen molar-refractivity contribution in [1.82, 2.24) is 0 Å². The average molecular weight is 310 g/mol. The lowest BCUT2D eigenvalue weighted by Gasteiger charge is -2.48. The third-order valence-corrected chi connectivity index (χ3v) is 4.80. The van der Waals surface area contributed by atoms with Crippen LogP contribution in [0.2, 0.25) is 5.02 Å². The summed E-state index contributed by atoms with van der Waals surface area (Å²) in [6.07, 6.45) is 3.64. The van der Waals surface area contributed by atoms with E-state index in [1.54, 1.807) is 12.1 Å². The number of hydrogen-bond acceptors (Lipinski definition) is 2. The molecule has 1 saturated carbocycles. The van der Waals surface area contributed by atoms with Gasteiger partial charge in [-0.2, -0.15) is 0 Å². The van der Waals surface area contributed by atoms with Gasteiger partial charge in [-0.25, -0.2) is 4.79 Å². The Kier molecular flexibility index (Phi) is 4.52. The molecule has 116 valence electrons. The lowest BCUT2D eigenvalue weighted by Crippen LogP contribution is -2.58. The molecule has 1 aliphatic rings. The summed E-state index contributed by atoms with van der Waals surface area (Å²) < 4.78 is 0. The monoisotopic (exact) mass is 309 g/mol. The zero-order chi connectivity index (χ0) is 15.7. The second-order valence-corrected chi connectivity index (χ2v) is 7.51. The average Bonchev–Trinajstić information content (AvgIpc) is 2.40. The Morgan fingerprint density at radius 2 is 1.90 bits per heavy atom. The molecule has 2 unspecified atom stereocenters. The molecule has 1 aromatic rings. The second-order valence-electron chi connectivity index (χ2n) is 7.07. The molecule has 21 heavy (non-hydrogen) atoms. The Bertz CT molecular complexity index is 507. The first kappa shape index (κ1) is 16.2. The van der Waals surface area contributed by atoms with Crippen LogP contribution in [-0.2, 0) is 4.79 Å². The minimum atomic E-state index is -0.898. The topological polar surface area (TPSA) is 49.3 Å². The summed E-state index contributed by atoms with van der Waals surface area (Å²) in [5, 5.41) is 13.9. The highest BCUT2D eigenvalue weighted by atomic mass is 35.5. The van der Waals surface area contributed by atoms with Crippen LogP contribution in [-0.4, -0.2) is 16.6 Å². The lowest BCUT2D eigenvalue weighted by molar-refractivity contribution is -0.148. The maximum atomic E-state index is 12.1. The van der Waals surface area contributed by atoms with Crippen molar-refractivity contribution >= 4 is 23.3 Å². The number of anilines is 1. The lowest BCUT2D eigenvalue weighted by atomic mass is 9.62. The number of benzene rings is 1. The maximum Gasteiger partial charge on any atom is 0.329 e. The van der Waals surface area contributed by atoms with Crippen molar-refractivity contribution in [2.75, 3.05) is 5.32 Å². The largest absolute Gasteiger partial charge is 0.479 e. The number of aliphatic carboxylic acids is 1. The van der Waals surface area contributed by atoms with Crippen molar-refractivity contribution in [3.05, 3.63) is 29.3 Å². The summed E-state index contributed by atoms with van der Waals surface area (Å²) in [5.74, 6) is -0.663. The van der Waals surface area contributed by atoms with Gasteiger partial charge in [0.15, 0.2) is 0 Å². The quantitative estimate of drug-likeness (QED) is 0.842. The van der Waals surface area contributed by atoms with Gasteiger partial charge in [-0.1, -0.05) is 45.2 Å². The Balaban J connectivity index is 2.38. The van der Waals surface area contributed by atoms with Gasteiger partial charge >= 0.3 is 5.97 Å². The first-order valence-corrected chi connectivity index (χ1v) is 7.91. The number of nitrogens with one attached hydrogen (secondary N) is 1. The van der Waals surface area contributed by atoms with Crippen molar-refractivity contribution in [2.45, 2.75) is 52.0 Å². The number of carboxylic acids is 1. The van der Waals surface area contributed by atoms with E-state index >= 15 is 0 Å². The summed E-state index contributed by atoms with van der Waals surface area (Å²) in [5.41, 5.74) is -0.138. The standard InChI is InChI=1S/C17H24ClNO2/c1-16(2,3)14-6-4-5-11-17(14,15(20)21)19-13-9-7-12(18)8-10-13/h7-10,14,19H,4-6,11H2,1-3H3,(H,20,21).